The molecule has 2 rings (SSSR count). The number of anilines is 2. The van der Waals surface area contributed by atoms with E-state index in [1.807, 2.05) is 6.07 Å². The molecule has 0 atom stereocenters. The SMILES string of the molecule is COc1ccc(Nc2nc(C)c(CC(=O)O)s2)cc1Cl. The molecule has 7 heteroatoms. The van der Waals surface area contributed by atoms with E-state index in [-0.39, 0.29) is 6.42 Å². The number of thiazole rings is 1. The highest BCUT2D eigenvalue weighted by atomic mass is 35.5. The van der Waals surface area contributed by atoms with Gasteiger partial charge in [0.05, 0.1) is 24.2 Å². The summed E-state index contributed by atoms with van der Waals surface area (Å²) in [5, 5.41) is 13.1. The number of benzene rings is 1. The summed E-state index contributed by atoms with van der Waals surface area (Å²) in [6.45, 7) is 1.79. The Bertz CT molecular complexity index is 643. The average molecular weight is 313 g/mol. The standard InChI is InChI=1S/C13H13ClN2O3S/c1-7-11(6-12(17)18)20-13(15-7)16-8-3-4-10(19-2)9(14)5-8/h3-5H,6H2,1-2H3,(H,15,16)(H,17,18). The summed E-state index contributed by atoms with van der Waals surface area (Å²) in [6, 6.07) is 5.30. The summed E-state index contributed by atoms with van der Waals surface area (Å²) in [4.78, 5) is 15.8. The van der Waals surface area contributed by atoms with Crippen molar-refractivity contribution < 1.29 is 14.6 Å². The Morgan fingerprint density at radius 3 is 2.90 bits per heavy atom. The van der Waals surface area contributed by atoms with Crippen molar-refractivity contribution in [2.45, 2.75) is 13.3 Å². The largest absolute Gasteiger partial charge is 0.495 e. The van der Waals surface area contributed by atoms with E-state index in [4.69, 9.17) is 21.4 Å². The third-order valence-electron chi connectivity index (χ3n) is 2.61. The number of rotatable bonds is 5. The van der Waals surface area contributed by atoms with Crippen LogP contribution in [0.15, 0.2) is 18.2 Å². The van der Waals surface area contributed by atoms with E-state index in [1.165, 1.54) is 11.3 Å². The van der Waals surface area contributed by atoms with Gasteiger partial charge in [-0.15, -0.1) is 11.3 Å². The van der Waals surface area contributed by atoms with Gasteiger partial charge in [-0.3, -0.25) is 4.79 Å². The van der Waals surface area contributed by atoms with Crippen molar-refractivity contribution in [2.75, 3.05) is 12.4 Å². The molecular weight excluding hydrogens is 300 g/mol. The van der Waals surface area contributed by atoms with Crippen LogP contribution >= 0.6 is 22.9 Å². The third kappa shape index (κ3) is 3.40. The van der Waals surface area contributed by atoms with Crippen LogP contribution in [0.1, 0.15) is 10.6 Å². The molecule has 0 bridgehead atoms. The zero-order chi connectivity index (χ0) is 14.7. The maximum atomic E-state index is 10.7. The van der Waals surface area contributed by atoms with Crippen molar-refractivity contribution in [1.29, 1.82) is 0 Å². The Balaban J connectivity index is 2.17. The van der Waals surface area contributed by atoms with Crippen molar-refractivity contribution in [3.63, 3.8) is 0 Å². The van der Waals surface area contributed by atoms with Gasteiger partial charge in [0.2, 0.25) is 0 Å². The fourth-order valence-corrected chi connectivity index (χ4v) is 2.88. The molecule has 0 saturated carbocycles. The first-order chi connectivity index (χ1) is 9.49. The number of methoxy groups -OCH3 is 1. The van der Waals surface area contributed by atoms with E-state index < -0.39 is 5.97 Å². The summed E-state index contributed by atoms with van der Waals surface area (Å²) in [5.41, 5.74) is 1.49. The van der Waals surface area contributed by atoms with Crippen LogP contribution in [0.5, 0.6) is 5.75 Å². The number of aryl methyl sites for hydroxylation is 1. The minimum Gasteiger partial charge on any atom is -0.495 e. The molecule has 0 amide bonds. The second kappa shape index (κ2) is 6.11. The smallest absolute Gasteiger partial charge is 0.308 e. The highest BCUT2D eigenvalue weighted by Crippen LogP contribution is 2.31. The van der Waals surface area contributed by atoms with Crippen LogP contribution in [0.25, 0.3) is 0 Å². The molecule has 0 unspecified atom stereocenters. The van der Waals surface area contributed by atoms with E-state index in [9.17, 15) is 4.79 Å². The number of aromatic nitrogens is 1. The summed E-state index contributed by atoms with van der Waals surface area (Å²) in [7, 11) is 1.55. The molecule has 0 aliphatic carbocycles. The zero-order valence-corrected chi connectivity index (χ0v) is 12.5. The van der Waals surface area contributed by atoms with Crippen molar-refractivity contribution in [2.24, 2.45) is 0 Å². The summed E-state index contributed by atoms with van der Waals surface area (Å²) >= 11 is 7.36. The number of ether oxygens (including phenoxy) is 1. The lowest BCUT2D eigenvalue weighted by atomic mass is 10.3. The fourth-order valence-electron chi connectivity index (χ4n) is 1.65. The topological polar surface area (TPSA) is 71.5 Å². The molecule has 1 heterocycles. The predicted molar refractivity (Wildman–Crippen MR) is 79.5 cm³/mol. The van der Waals surface area contributed by atoms with Gasteiger partial charge < -0.3 is 15.2 Å². The van der Waals surface area contributed by atoms with Crippen LogP contribution in [0.3, 0.4) is 0 Å². The normalized spacial score (nSPS) is 10.3. The number of carboxylic acid groups (broad SMARTS) is 1. The molecule has 0 aliphatic heterocycles. The first-order valence-electron chi connectivity index (χ1n) is 5.78. The lowest BCUT2D eigenvalue weighted by Crippen LogP contribution is -1.99. The zero-order valence-electron chi connectivity index (χ0n) is 10.9. The Morgan fingerprint density at radius 2 is 2.30 bits per heavy atom. The molecule has 0 aliphatic rings. The van der Waals surface area contributed by atoms with Crippen LogP contribution in [-0.4, -0.2) is 23.2 Å². The van der Waals surface area contributed by atoms with Gasteiger partial charge in [0.15, 0.2) is 5.13 Å². The van der Waals surface area contributed by atoms with Gasteiger partial charge in [0.1, 0.15) is 5.75 Å². The van der Waals surface area contributed by atoms with Gasteiger partial charge in [-0.1, -0.05) is 11.6 Å². The predicted octanol–water partition coefficient (Wildman–Crippen LogP) is 3.48. The minimum atomic E-state index is -0.865. The van der Waals surface area contributed by atoms with Gasteiger partial charge in [0, 0.05) is 10.6 Å². The van der Waals surface area contributed by atoms with E-state index in [1.54, 1.807) is 26.2 Å². The molecule has 0 saturated heterocycles. The monoisotopic (exact) mass is 312 g/mol. The highest BCUT2D eigenvalue weighted by molar-refractivity contribution is 7.15. The molecule has 5 nitrogen and oxygen atoms in total. The van der Waals surface area contributed by atoms with Crippen LogP contribution < -0.4 is 10.1 Å². The number of carboxylic acids is 1. The summed E-state index contributed by atoms with van der Waals surface area (Å²) in [6.07, 6.45) is -0.0193. The van der Waals surface area contributed by atoms with Gasteiger partial charge in [-0.05, 0) is 25.1 Å². The molecule has 2 aromatic rings. The number of hydrogen-bond acceptors (Lipinski definition) is 5. The first-order valence-corrected chi connectivity index (χ1v) is 6.97. The van der Waals surface area contributed by atoms with Crippen LogP contribution in [0.2, 0.25) is 5.02 Å². The maximum Gasteiger partial charge on any atom is 0.308 e. The Kier molecular flexibility index (Phi) is 4.46. The van der Waals surface area contributed by atoms with E-state index in [2.05, 4.69) is 10.3 Å². The molecular formula is C13H13ClN2O3S. The average Bonchev–Trinajstić information content (AvgIpc) is 2.69. The Morgan fingerprint density at radius 1 is 1.55 bits per heavy atom. The van der Waals surface area contributed by atoms with Crippen LogP contribution in [0, 0.1) is 6.92 Å². The number of aliphatic carboxylic acids is 1. The second-order valence-corrected chi connectivity index (χ2v) is 5.56. The molecule has 0 spiro atoms. The molecule has 1 aromatic heterocycles. The number of halogens is 1. The van der Waals surface area contributed by atoms with Gasteiger partial charge in [-0.25, -0.2) is 4.98 Å². The molecule has 0 fully saturated rings. The first kappa shape index (κ1) is 14.6. The number of hydrogen-bond donors (Lipinski definition) is 2. The summed E-state index contributed by atoms with van der Waals surface area (Å²) < 4.78 is 5.08. The number of nitrogens with one attached hydrogen (secondary N) is 1. The summed E-state index contributed by atoms with van der Waals surface area (Å²) in [5.74, 6) is -0.269. The third-order valence-corrected chi connectivity index (χ3v) is 3.98. The number of nitrogens with zero attached hydrogens (tertiary/aromatic N) is 1. The van der Waals surface area contributed by atoms with Crippen LogP contribution in [0.4, 0.5) is 10.8 Å². The Labute approximate surface area is 125 Å². The lowest BCUT2D eigenvalue weighted by molar-refractivity contribution is -0.136. The van der Waals surface area contributed by atoms with Gasteiger partial charge in [0.25, 0.3) is 0 Å². The van der Waals surface area contributed by atoms with Crippen molar-refractivity contribution in [1.82, 2.24) is 4.98 Å². The van der Waals surface area contributed by atoms with Crippen molar-refractivity contribution >= 4 is 39.7 Å². The number of carbonyl (C=O) groups is 1. The lowest BCUT2D eigenvalue weighted by Gasteiger charge is -2.06. The molecule has 106 valence electrons. The van der Waals surface area contributed by atoms with E-state index in [0.29, 0.717) is 15.9 Å². The maximum absolute atomic E-state index is 10.7. The Hall–Kier alpha value is -1.79. The molecule has 20 heavy (non-hydrogen) atoms. The molecule has 1 aromatic carbocycles. The van der Waals surface area contributed by atoms with E-state index >= 15 is 0 Å². The second-order valence-electron chi connectivity index (χ2n) is 4.07. The fraction of sp³-hybridized carbons (Fsp3) is 0.231. The van der Waals surface area contributed by atoms with Crippen molar-refractivity contribution in [3.8, 4) is 5.75 Å². The highest BCUT2D eigenvalue weighted by Gasteiger charge is 2.11. The molecule has 2 N–H and O–H groups in total. The van der Waals surface area contributed by atoms with Gasteiger partial charge >= 0.3 is 5.97 Å². The minimum absolute atomic E-state index is 0.0193. The van der Waals surface area contributed by atoms with E-state index in [0.717, 1.165) is 16.3 Å². The van der Waals surface area contributed by atoms with Gasteiger partial charge in [-0.2, -0.15) is 0 Å². The van der Waals surface area contributed by atoms with Crippen molar-refractivity contribution in [3.05, 3.63) is 33.8 Å². The quantitative estimate of drug-likeness (QED) is 0.884. The van der Waals surface area contributed by atoms with Crippen LogP contribution in [-0.2, 0) is 11.2 Å². The molecule has 0 radical (unpaired) electrons.